The molecule has 0 aliphatic heterocycles. The van der Waals surface area contributed by atoms with Crippen LogP contribution in [0.3, 0.4) is 0 Å². The van der Waals surface area contributed by atoms with Gasteiger partial charge in [0.15, 0.2) is 0 Å². The zero-order chi connectivity index (χ0) is 15.4. The van der Waals surface area contributed by atoms with Crippen molar-refractivity contribution in [1.29, 1.82) is 0 Å². The lowest BCUT2D eigenvalue weighted by atomic mass is 10.4. The maximum Gasteiger partial charge on any atom is 0.396 e. The molecule has 0 fully saturated rings. The van der Waals surface area contributed by atoms with Gasteiger partial charge in [-0.3, -0.25) is 15.1 Å². The molecular weight excluding hydrogens is 368 g/mol. The summed E-state index contributed by atoms with van der Waals surface area (Å²) >= 11 is 4.01. The minimum absolute atomic E-state index is 0.0203. The summed E-state index contributed by atoms with van der Waals surface area (Å²) in [6.07, 6.45) is 2.51. The standard InChI is InChI=1S/C10H7BrN4O5S/c1-2-19-9(16)8-13-14-10(20-8)21-7-5(11)3-12-4-6(7)15(17)18/h3-4H,2H2,1H3. The molecule has 0 atom stereocenters. The van der Waals surface area contributed by atoms with E-state index in [-0.39, 0.29) is 28.3 Å². The Hall–Kier alpha value is -2.01. The van der Waals surface area contributed by atoms with Crippen LogP contribution in [-0.2, 0) is 4.74 Å². The molecule has 2 aromatic heterocycles. The molecule has 0 spiro atoms. The van der Waals surface area contributed by atoms with Crippen LogP contribution in [0.5, 0.6) is 0 Å². The van der Waals surface area contributed by atoms with Crippen LogP contribution in [0, 0.1) is 10.1 Å². The topological polar surface area (TPSA) is 121 Å². The van der Waals surface area contributed by atoms with E-state index < -0.39 is 10.9 Å². The third kappa shape index (κ3) is 3.55. The summed E-state index contributed by atoms with van der Waals surface area (Å²) in [6, 6.07) is 0. The lowest BCUT2D eigenvalue weighted by Crippen LogP contribution is -2.04. The van der Waals surface area contributed by atoms with Crippen molar-refractivity contribution in [2.45, 2.75) is 17.0 Å². The van der Waals surface area contributed by atoms with E-state index in [0.717, 1.165) is 18.0 Å². The Balaban J connectivity index is 2.27. The van der Waals surface area contributed by atoms with E-state index in [9.17, 15) is 14.9 Å². The van der Waals surface area contributed by atoms with Crippen LogP contribution >= 0.6 is 27.7 Å². The molecule has 0 aliphatic rings. The number of hydrogen-bond donors (Lipinski definition) is 0. The Labute approximate surface area is 130 Å². The third-order valence-electron chi connectivity index (χ3n) is 2.08. The molecule has 21 heavy (non-hydrogen) atoms. The first-order valence-electron chi connectivity index (χ1n) is 5.49. The Morgan fingerprint density at radius 2 is 2.29 bits per heavy atom. The van der Waals surface area contributed by atoms with Gasteiger partial charge in [-0.25, -0.2) is 4.79 Å². The van der Waals surface area contributed by atoms with E-state index in [1.165, 1.54) is 6.20 Å². The zero-order valence-corrected chi connectivity index (χ0v) is 12.9. The van der Waals surface area contributed by atoms with Gasteiger partial charge in [0.1, 0.15) is 11.1 Å². The summed E-state index contributed by atoms with van der Waals surface area (Å²) in [5, 5.41) is 18.1. The Kier molecular flexibility index (Phi) is 4.85. The number of nitro groups is 1. The molecule has 0 aromatic carbocycles. The largest absolute Gasteiger partial charge is 0.459 e. The second-order valence-electron chi connectivity index (χ2n) is 3.42. The number of pyridine rings is 1. The fourth-order valence-corrected chi connectivity index (χ4v) is 2.58. The number of carbonyl (C=O) groups excluding carboxylic acids is 1. The molecular formula is C10H7BrN4O5S. The number of nitrogens with zero attached hydrogens (tertiary/aromatic N) is 4. The van der Waals surface area contributed by atoms with E-state index in [0.29, 0.717) is 4.47 Å². The molecule has 0 radical (unpaired) electrons. The average Bonchev–Trinajstić information content (AvgIpc) is 2.90. The molecule has 0 unspecified atom stereocenters. The normalized spacial score (nSPS) is 10.4. The van der Waals surface area contributed by atoms with Gasteiger partial charge in [-0.2, -0.15) is 0 Å². The van der Waals surface area contributed by atoms with Gasteiger partial charge in [-0.05, 0) is 34.6 Å². The van der Waals surface area contributed by atoms with Crippen LogP contribution in [0.25, 0.3) is 0 Å². The van der Waals surface area contributed by atoms with Crippen molar-refractivity contribution in [3.05, 3.63) is 32.9 Å². The Morgan fingerprint density at radius 1 is 1.52 bits per heavy atom. The minimum Gasteiger partial charge on any atom is -0.459 e. The number of ether oxygens (including phenoxy) is 1. The summed E-state index contributed by atoms with van der Waals surface area (Å²) in [5.41, 5.74) is -0.217. The molecule has 2 aromatic rings. The van der Waals surface area contributed by atoms with Gasteiger partial charge in [0, 0.05) is 6.20 Å². The highest BCUT2D eigenvalue weighted by Gasteiger charge is 2.23. The molecule has 11 heteroatoms. The van der Waals surface area contributed by atoms with Gasteiger partial charge in [0.2, 0.25) is 0 Å². The van der Waals surface area contributed by atoms with Crippen LogP contribution in [-0.4, -0.2) is 32.7 Å². The predicted molar refractivity (Wildman–Crippen MR) is 73.0 cm³/mol. The number of carbonyl (C=O) groups is 1. The summed E-state index contributed by atoms with van der Waals surface area (Å²) in [7, 11) is 0. The first-order chi connectivity index (χ1) is 10.0. The van der Waals surface area contributed by atoms with Crippen molar-refractivity contribution in [3.63, 3.8) is 0 Å². The molecule has 0 N–H and O–H groups in total. The molecule has 0 saturated carbocycles. The van der Waals surface area contributed by atoms with Crippen LogP contribution in [0.2, 0.25) is 0 Å². The first-order valence-corrected chi connectivity index (χ1v) is 7.10. The van der Waals surface area contributed by atoms with Gasteiger partial charge in [-0.1, -0.05) is 5.10 Å². The molecule has 2 heterocycles. The van der Waals surface area contributed by atoms with Crippen molar-refractivity contribution in [2.24, 2.45) is 0 Å². The smallest absolute Gasteiger partial charge is 0.396 e. The molecule has 2 rings (SSSR count). The van der Waals surface area contributed by atoms with Crippen molar-refractivity contribution >= 4 is 39.3 Å². The summed E-state index contributed by atoms with van der Waals surface area (Å²) < 4.78 is 10.2. The minimum atomic E-state index is -0.750. The summed E-state index contributed by atoms with van der Waals surface area (Å²) in [4.78, 5) is 25.7. The van der Waals surface area contributed by atoms with Crippen LogP contribution in [0.15, 0.2) is 31.4 Å². The van der Waals surface area contributed by atoms with Gasteiger partial charge in [-0.15, -0.1) is 5.10 Å². The van der Waals surface area contributed by atoms with Gasteiger partial charge >= 0.3 is 17.5 Å². The van der Waals surface area contributed by atoms with Crippen molar-refractivity contribution in [1.82, 2.24) is 15.2 Å². The quantitative estimate of drug-likeness (QED) is 0.441. The number of esters is 1. The van der Waals surface area contributed by atoms with Crippen molar-refractivity contribution < 1.29 is 18.9 Å². The summed E-state index contributed by atoms with van der Waals surface area (Å²) in [6.45, 7) is 1.81. The molecule has 0 bridgehead atoms. The molecule has 0 aliphatic carbocycles. The van der Waals surface area contributed by atoms with E-state index in [1.807, 2.05) is 0 Å². The van der Waals surface area contributed by atoms with Crippen LogP contribution in [0.4, 0.5) is 5.69 Å². The number of aromatic nitrogens is 3. The van der Waals surface area contributed by atoms with Crippen LogP contribution < -0.4 is 0 Å². The highest BCUT2D eigenvalue weighted by molar-refractivity contribution is 9.10. The van der Waals surface area contributed by atoms with Gasteiger partial charge < -0.3 is 9.15 Å². The van der Waals surface area contributed by atoms with Gasteiger partial charge in [0.05, 0.1) is 16.0 Å². The molecule has 110 valence electrons. The maximum atomic E-state index is 11.4. The second kappa shape index (κ2) is 6.63. The van der Waals surface area contributed by atoms with E-state index in [4.69, 9.17) is 9.15 Å². The van der Waals surface area contributed by atoms with Crippen LogP contribution in [0.1, 0.15) is 17.6 Å². The highest BCUT2D eigenvalue weighted by Crippen LogP contribution is 2.38. The number of halogens is 1. The van der Waals surface area contributed by atoms with E-state index in [1.54, 1.807) is 6.92 Å². The Bertz CT molecular complexity index is 692. The molecule has 9 nitrogen and oxygen atoms in total. The average molecular weight is 375 g/mol. The first kappa shape index (κ1) is 15.4. The fraction of sp³-hybridized carbons (Fsp3) is 0.200. The predicted octanol–water partition coefficient (Wildman–Crippen LogP) is 2.46. The zero-order valence-electron chi connectivity index (χ0n) is 10.5. The molecule has 0 amide bonds. The monoisotopic (exact) mass is 374 g/mol. The summed E-state index contributed by atoms with van der Waals surface area (Å²) in [5.74, 6) is -1.06. The fourth-order valence-electron chi connectivity index (χ4n) is 1.26. The second-order valence-corrected chi connectivity index (χ2v) is 5.24. The maximum absolute atomic E-state index is 11.4. The molecule has 0 saturated heterocycles. The lowest BCUT2D eigenvalue weighted by molar-refractivity contribution is -0.388. The number of hydrogen-bond acceptors (Lipinski definition) is 9. The number of rotatable bonds is 5. The van der Waals surface area contributed by atoms with E-state index >= 15 is 0 Å². The van der Waals surface area contributed by atoms with Gasteiger partial charge in [0.25, 0.3) is 5.22 Å². The van der Waals surface area contributed by atoms with Crippen molar-refractivity contribution in [3.8, 4) is 0 Å². The third-order valence-corrected chi connectivity index (χ3v) is 3.91. The lowest BCUT2D eigenvalue weighted by Gasteiger charge is -2.01. The van der Waals surface area contributed by atoms with E-state index in [2.05, 4.69) is 31.1 Å². The van der Waals surface area contributed by atoms with Crippen molar-refractivity contribution in [2.75, 3.05) is 6.61 Å². The highest BCUT2D eigenvalue weighted by atomic mass is 79.9. The SMILES string of the molecule is CCOC(=O)c1nnc(Sc2c(Br)cncc2[N+](=O)[O-])o1. The Morgan fingerprint density at radius 3 is 2.95 bits per heavy atom.